The number of aryl methyl sites for hydroxylation is 1. The lowest BCUT2D eigenvalue weighted by atomic mass is 10.1. The molecule has 2 heterocycles. The van der Waals surface area contributed by atoms with Crippen LogP contribution in [-0.4, -0.2) is 51.9 Å². The Morgan fingerprint density at radius 2 is 1.39 bits per heavy atom. The number of rotatable bonds is 13. The molecular weight excluding hydrogens is 610 g/mol. The number of nitrogens with one attached hydrogen (secondary N) is 1. The number of aromatic nitrogens is 1. The Hall–Kier alpha value is -4.63. The maximum Gasteiger partial charge on any atom is 0.340 e. The van der Waals surface area contributed by atoms with Crippen LogP contribution >= 0.6 is 0 Å². The van der Waals surface area contributed by atoms with Gasteiger partial charge in [-0.3, -0.25) is 19.4 Å². The molecule has 0 radical (unpaired) electrons. The molecule has 44 heavy (non-hydrogen) atoms. The van der Waals surface area contributed by atoms with Crippen LogP contribution in [0.3, 0.4) is 0 Å². The first-order chi connectivity index (χ1) is 21.0. The van der Waals surface area contributed by atoms with Gasteiger partial charge < -0.3 is 8.92 Å². The molecule has 1 aliphatic heterocycles. The largest absolute Gasteiger partial charge is 0.493 e. The average Bonchev–Trinajstić information content (AvgIpc) is 3.25. The highest BCUT2D eigenvalue weighted by atomic mass is 32.2. The molecule has 0 fully saturated rings. The van der Waals surface area contributed by atoms with Crippen LogP contribution in [0.1, 0.15) is 38.3 Å². The van der Waals surface area contributed by atoms with E-state index >= 15 is 0 Å². The normalized spacial score (nSPS) is 13.2. The second-order valence-corrected chi connectivity index (χ2v) is 12.9. The van der Waals surface area contributed by atoms with Crippen molar-refractivity contribution in [3.05, 3.63) is 114 Å². The lowest BCUT2D eigenvalue weighted by Gasteiger charge is -2.15. The quantitative estimate of drug-likeness (QED) is 0.130. The molecule has 14 heteroatoms. The number of imide groups is 1. The lowest BCUT2D eigenvalue weighted by molar-refractivity contribution is -0.0935. The third-order valence-electron chi connectivity index (χ3n) is 6.39. The van der Waals surface area contributed by atoms with Gasteiger partial charge in [0.05, 0.1) is 24.3 Å². The summed E-state index contributed by atoms with van der Waals surface area (Å²) >= 11 is 0. The number of hydrogen-bond donors (Lipinski definition) is 1. The maximum atomic E-state index is 13.3. The molecule has 1 aromatic heterocycles. The monoisotopic (exact) mass is 637 g/mol. The molecular formula is C30H27N3O9S2. The number of carbonyl (C=O) groups is 2. The standard InChI is InChI=1S/C30H27N3O9S2/c1-21-17-23(40-15-6-16-41-33-29(34)25-7-2-3-8-26(25)30(33)35)19-24(18-21)42-44(38,39)28-10-5-4-9-27(28)43(36,37)32-20-22-11-13-31-14-12-22/h2-5,7-14,17-19,32H,6,15-16,20H2,1H3. The molecule has 0 bridgehead atoms. The number of pyridine rings is 1. The molecule has 0 aliphatic carbocycles. The van der Waals surface area contributed by atoms with Crippen LogP contribution in [-0.2, 0) is 31.5 Å². The summed E-state index contributed by atoms with van der Waals surface area (Å²) in [7, 11) is -8.83. The van der Waals surface area contributed by atoms with Gasteiger partial charge in [0.1, 0.15) is 21.3 Å². The van der Waals surface area contributed by atoms with E-state index in [1.54, 1.807) is 49.4 Å². The minimum absolute atomic E-state index is 0.00940. The Bertz CT molecular complexity index is 1880. The molecule has 4 aromatic rings. The van der Waals surface area contributed by atoms with Gasteiger partial charge in [0.15, 0.2) is 0 Å². The van der Waals surface area contributed by atoms with Crippen molar-refractivity contribution in [2.45, 2.75) is 29.7 Å². The van der Waals surface area contributed by atoms with E-state index in [0.29, 0.717) is 17.5 Å². The first-order valence-electron chi connectivity index (χ1n) is 13.3. The number of sulfonamides is 1. The number of benzene rings is 3. The highest BCUT2D eigenvalue weighted by Crippen LogP contribution is 2.29. The smallest absolute Gasteiger partial charge is 0.340 e. The average molecular weight is 638 g/mol. The van der Waals surface area contributed by atoms with E-state index in [1.165, 1.54) is 42.7 Å². The van der Waals surface area contributed by atoms with Crippen molar-refractivity contribution in [1.82, 2.24) is 14.8 Å². The highest BCUT2D eigenvalue weighted by Gasteiger charge is 2.36. The molecule has 1 N–H and O–H groups in total. The molecule has 228 valence electrons. The van der Waals surface area contributed by atoms with E-state index in [1.807, 2.05) is 0 Å². The number of amides is 2. The lowest BCUT2D eigenvalue weighted by Crippen LogP contribution is -2.30. The molecule has 5 rings (SSSR count). The van der Waals surface area contributed by atoms with Crippen molar-refractivity contribution in [3.8, 4) is 11.5 Å². The van der Waals surface area contributed by atoms with E-state index < -0.39 is 41.7 Å². The van der Waals surface area contributed by atoms with Crippen LogP contribution in [0.25, 0.3) is 0 Å². The summed E-state index contributed by atoms with van der Waals surface area (Å²) < 4.78 is 66.2. The van der Waals surface area contributed by atoms with Gasteiger partial charge >= 0.3 is 10.1 Å². The van der Waals surface area contributed by atoms with Crippen molar-refractivity contribution in [3.63, 3.8) is 0 Å². The molecule has 3 aromatic carbocycles. The first kappa shape index (κ1) is 30.8. The van der Waals surface area contributed by atoms with E-state index in [9.17, 15) is 26.4 Å². The fourth-order valence-electron chi connectivity index (χ4n) is 4.34. The molecule has 1 aliphatic rings. The van der Waals surface area contributed by atoms with Gasteiger partial charge in [-0.15, -0.1) is 5.06 Å². The van der Waals surface area contributed by atoms with Crippen molar-refractivity contribution in [2.24, 2.45) is 0 Å². The minimum Gasteiger partial charge on any atom is -0.493 e. The Morgan fingerprint density at radius 1 is 0.773 bits per heavy atom. The van der Waals surface area contributed by atoms with Crippen molar-refractivity contribution in [1.29, 1.82) is 0 Å². The topological polar surface area (TPSA) is 158 Å². The Kier molecular flexibility index (Phi) is 9.06. The molecule has 0 saturated heterocycles. The van der Waals surface area contributed by atoms with Gasteiger partial charge in [0.25, 0.3) is 11.8 Å². The zero-order valence-corrected chi connectivity index (χ0v) is 25.0. The SMILES string of the molecule is Cc1cc(OCCCON2C(=O)c3ccccc3C2=O)cc(OS(=O)(=O)c2ccccc2S(=O)(=O)NCc2ccncc2)c1. The fraction of sp³-hybridized carbons (Fsp3) is 0.167. The molecule has 12 nitrogen and oxygen atoms in total. The third-order valence-corrected chi connectivity index (χ3v) is 9.28. The van der Waals surface area contributed by atoms with Crippen LogP contribution in [0, 0.1) is 6.92 Å². The first-order valence-corrected chi connectivity index (χ1v) is 16.2. The molecule has 0 spiro atoms. The number of ether oxygens (including phenoxy) is 1. The summed E-state index contributed by atoms with van der Waals surface area (Å²) in [6.07, 6.45) is 3.33. The van der Waals surface area contributed by atoms with Crippen LogP contribution in [0.15, 0.2) is 101 Å². The summed E-state index contributed by atoms with van der Waals surface area (Å²) in [5, 5.41) is 0.723. The molecule has 2 amide bonds. The van der Waals surface area contributed by atoms with Crippen LogP contribution in [0.5, 0.6) is 11.5 Å². The summed E-state index contributed by atoms with van der Waals surface area (Å²) in [4.78, 5) is 33.1. The zero-order valence-electron chi connectivity index (χ0n) is 23.4. The molecule has 0 atom stereocenters. The van der Waals surface area contributed by atoms with Gasteiger partial charge in [-0.1, -0.05) is 24.3 Å². The molecule has 0 saturated carbocycles. The van der Waals surface area contributed by atoms with E-state index in [-0.39, 0.29) is 42.4 Å². The number of hydrogen-bond acceptors (Lipinski definition) is 10. The van der Waals surface area contributed by atoms with Gasteiger partial charge in [-0.2, -0.15) is 8.42 Å². The van der Waals surface area contributed by atoms with E-state index in [4.69, 9.17) is 13.8 Å². The van der Waals surface area contributed by atoms with Gasteiger partial charge in [-0.05, 0) is 66.6 Å². The van der Waals surface area contributed by atoms with Crippen LogP contribution in [0.2, 0.25) is 0 Å². The Labute approximate surface area is 254 Å². The van der Waals surface area contributed by atoms with Crippen molar-refractivity contribution in [2.75, 3.05) is 13.2 Å². The Balaban J connectivity index is 1.21. The number of carbonyl (C=O) groups excluding carboxylic acids is 2. The minimum atomic E-state index is -4.59. The van der Waals surface area contributed by atoms with Crippen LogP contribution < -0.4 is 13.6 Å². The van der Waals surface area contributed by atoms with Gasteiger partial charge in [0, 0.05) is 31.4 Å². The summed E-state index contributed by atoms with van der Waals surface area (Å²) in [5.41, 5.74) is 1.81. The second-order valence-electron chi connectivity index (χ2n) is 9.63. The maximum absolute atomic E-state index is 13.3. The number of fused-ring (bicyclic) bond motifs is 1. The predicted molar refractivity (Wildman–Crippen MR) is 157 cm³/mol. The summed E-state index contributed by atoms with van der Waals surface area (Å²) in [5.74, 6) is -0.866. The summed E-state index contributed by atoms with van der Waals surface area (Å²) in [6.45, 7) is 1.76. The van der Waals surface area contributed by atoms with E-state index in [2.05, 4.69) is 9.71 Å². The van der Waals surface area contributed by atoms with Gasteiger partial charge in [-0.25, -0.2) is 13.1 Å². The zero-order chi connectivity index (χ0) is 31.3. The number of hydroxylamine groups is 2. The second kappa shape index (κ2) is 12.9. The molecule has 0 unspecified atom stereocenters. The Morgan fingerprint density at radius 3 is 2.07 bits per heavy atom. The van der Waals surface area contributed by atoms with Crippen molar-refractivity contribution >= 4 is 32.0 Å². The van der Waals surface area contributed by atoms with E-state index in [0.717, 1.165) is 11.1 Å². The number of nitrogens with zero attached hydrogens (tertiary/aromatic N) is 2. The summed E-state index contributed by atoms with van der Waals surface area (Å²) in [6, 6.07) is 19.3. The highest BCUT2D eigenvalue weighted by molar-refractivity contribution is 7.91. The van der Waals surface area contributed by atoms with Crippen LogP contribution in [0.4, 0.5) is 0 Å². The predicted octanol–water partition coefficient (Wildman–Crippen LogP) is 3.63. The third kappa shape index (κ3) is 6.94. The van der Waals surface area contributed by atoms with Gasteiger partial charge in [0.2, 0.25) is 10.0 Å². The fourth-order valence-corrected chi connectivity index (χ4v) is 7.08. The van der Waals surface area contributed by atoms with Crippen molar-refractivity contribution < 1.29 is 40.2 Å².